The van der Waals surface area contributed by atoms with Crippen molar-refractivity contribution in [2.24, 2.45) is 11.8 Å². The van der Waals surface area contributed by atoms with Crippen molar-refractivity contribution in [2.45, 2.75) is 52.0 Å². The summed E-state index contributed by atoms with van der Waals surface area (Å²) >= 11 is 0. The van der Waals surface area contributed by atoms with Gasteiger partial charge in [0.15, 0.2) is 0 Å². The first kappa shape index (κ1) is 14.8. The molecular weight excluding hydrogens is 252 g/mol. The highest BCUT2D eigenvalue weighted by Crippen LogP contribution is 2.30. The maximum Gasteiger partial charge on any atom is 0.269 e. The van der Waals surface area contributed by atoms with Crippen LogP contribution < -0.4 is 5.32 Å². The summed E-state index contributed by atoms with van der Waals surface area (Å²) in [4.78, 5) is 10.3. The highest BCUT2D eigenvalue weighted by molar-refractivity contribution is 5.49. The third-order valence-electron chi connectivity index (χ3n) is 4.41. The van der Waals surface area contributed by atoms with Crippen LogP contribution in [0.2, 0.25) is 0 Å². The van der Waals surface area contributed by atoms with Crippen LogP contribution in [0.25, 0.3) is 0 Å². The number of benzene rings is 1. The first-order valence-corrected chi connectivity index (χ1v) is 7.57. The second kappa shape index (κ2) is 6.73. The van der Waals surface area contributed by atoms with E-state index in [4.69, 9.17) is 0 Å². The van der Waals surface area contributed by atoms with Crippen molar-refractivity contribution < 1.29 is 4.92 Å². The fourth-order valence-electron chi connectivity index (χ4n) is 3.06. The molecule has 0 aliphatic heterocycles. The predicted octanol–water partition coefficient (Wildman–Crippen LogP) is 4.61. The molecule has 2 unspecified atom stereocenters. The minimum absolute atomic E-state index is 0.149. The third-order valence-corrected chi connectivity index (χ3v) is 4.41. The molecule has 2 atom stereocenters. The Hall–Kier alpha value is -1.58. The second-order valence-corrected chi connectivity index (χ2v) is 6.16. The molecule has 0 radical (unpaired) electrons. The molecule has 2 rings (SSSR count). The van der Waals surface area contributed by atoms with Crippen molar-refractivity contribution in [3.63, 3.8) is 0 Å². The summed E-state index contributed by atoms with van der Waals surface area (Å²) in [6.07, 6.45) is 6.27. The second-order valence-electron chi connectivity index (χ2n) is 6.16. The Bertz CT molecular complexity index is 442. The molecule has 1 saturated carbocycles. The van der Waals surface area contributed by atoms with E-state index in [1.807, 2.05) is 12.1 Å². The maximum atomic E-state index is 10.6. The average molecular weight is 276 g/mol. The van der Waals surface area contributed by atoms with E-state index < -0.39 is 0 Å². The largest absolute Gasteiger partial charge is 0.382 e. The number of hydrogen-bond acceptors (Lipinski definition) is 3. The van der Waals surface area contributed by atoms with Gasteiger partial charge in [-0.2, -0.15) is 0 Å². The van der Waals surface area contributed by atoms with Crippen LogP contribution in [0.4, 0.5) is 11.4 Å². The van der Waals surface area contributed by atoms with Gasteiger partial charge in [-0.05, 0) is 43.2 Å². The van der Waals surface area contributed by atoms with E-state index in [9.17, 15) is 10.1 Å². The van der Waals surface area contributed by atoms with Crippen molar-refractivity contribution in [3.8, 4) is 0 Å². The molecule has 0 aromatic heterocycles. The summed E-state index contributed by atoms with van der Waals surface area (Å²) < 4.78 is 0. The quantitative estimate of drug-likeness (QED) is 0.496. The number of nitro groups is 1. The molecule has 20 heavy (non-hydrogen) atoms. The lowest BCUT2D eigenvalue weighted by molar-refractivity contribution is -0.384. The minimum atomic E-state index is -0.358. The summed E-state index contributed by atoms with van der Waals surface area (Å²) in [5, 5.41) is 14.2. The molecule has 0 amide bonds. The molecule has 110 valence electrons. The van der Waals surface area contributed by atoms with Crippen molar-refractivity contribution >= 4 is 11.4 Å². The number of nitrogens with one attached hydrogen (secondary N) is 1. The molecule has 0 heterocycles. The van der Waals surface area contributed by atoms with Crippen LogP contribution >= 0.6 is 0 Å². The van der Waals surface area contributed by atoms with E-state index >= 15 is 0 Å². The summed E-state index contributed by atoms with van der Waals surface area (Å²) in [5.74, 6) is 1.62. The Kier molecular flexibility index (Phi) is 4.99. The SMILES string of the molecule is CC(C)C1CCCC(Nc2ccc([N+](=O)[O-])cc2)CC1. The van der Waals surface area contributed by atoms with E-state index in [1.165, 1.54) is 32.1 Å². The van der Waals surface area contributed by atoms with Crippen molar-refractivity contribution in [3.05, 3.63) is 34.4 Å². The van der Waals surface area contributed by atoms with Gasteiger partial charge in [-0.15, -0.1) is 0 Å². The van der Waals surface area contributed by atoms with Crippen LogP contribution in [0.15, 0.2) is 24.3 Å². The highest BCUT2D eigenvalue weighted by Gasteiger charge is 2.20. The average Bonchev–Trinajstić information content (AvgIpc) is 2.65. The molecule has 0 bridgehead atoms. The Morgan fingerprint density at radius 1 is 1.15 bits per heavy atom. The Balaban J connectivity index is 1.91. The van der Waals surface area contributed by atoms with Gasteiger partial charge in [-0.3, -0.25) is 10.1 Å². The molecule has 1 aromatic carbocycles. The highest BCUT2D eigenvalue weighted by atomic mass is 16.6. The van der Waals surface area contributed by atoms with E-state index in [0.717, 1.165) is 17.5 Å². The van der Waals surface area contributed by atoms with Crippen molar-refractivity contribution in [1.29, 1.82) is 0 Å². The zero-order chi connectivity index (χ0) is 14.5. The zero-order valence-electron chi connectivity index (χ0n) is 12.3. The molecule has 4 nitrogen and oxygen atoms in total. The minimum Gasteiger partial charge on any atom is -0.382 e. The van der Waals surface area contributed by atoms with Gasteiger partial charge in [0.1, 0.15) is 0 Å². The number of nitro benzene ring substituents is 1. The van der Waals surface area contributed by atoms with Crippen LogP contribution in [0, 0.1) is 22.0 Å². The van der Waals surface area contributed by atoms with Gasteiger partial charge in [0.05, 0.1) is 4.92 Å². The number of hydrogen-bond donors (Lipinski definition) is 1. The van der Waals surface area contributed by atoms with Crippen LogP contribution in [0.5, 0.6) is 0 Å². The molecular formula is C16H24N2O2. The summed E-state index contributed by atoms with van der Waals surface area (Å²) in [6, 6.07) is 7.25. The lowest BCUT2D eigenvalue weighted by Crippen LogP contribution is -2.18. The molecule has 0 saturated heterocycles. The Morgan fingerprint density at radius 3 is 2.45 bits per heavy atom. The van der Waals surface area contributed by atoms with E-state index in [0.29, 0.717) is 6.04 Å². The maximum absolute atomic E-state index is 10.6. The zero-order valence-corrected chi connectivity index (χ0v) is 12.3. The molecule has 1 aromatic rings. The van der Waals surface area contributed by atoms with Gasteiger partial charge in [0.25, 0.3) is 5.69 Å². The molecule has 1 N–H and O–H groups in total. The number of rotatable bonds is 4. The fourth-order valence-corrected chi connectivity index (χ4v) is 3.06. The number of non-ortho nitro benzene ring substituents is 1. The first-order chi connectivity index (χ1) is 9.56. The smallest absolute Gasteiger partial charge is 0.269 e. The Morgan fingerprint density at radius 2 is 1.85 bits per heavy atom. The standard InChI is InChI=1S/C16H24N2O2/c1-12(2)13-4-3-5-14(7-6-13)17-15-8-10-16(11-9-15)18(19)20/h8-14,17H,3-7H2,1-2H3. The van der Waals surface area contributed by atoms with Crippen molar-refractivity contribution in [2.75, 3.05) is 5.32 Å². The lowest BCUT2D eigenvalue weighted by atomic mass is 9.89. The number of anilines is 1. The lowest BCUT2D eigenvalue weighted by Gasteiger charge is -2.19. The molecule has 4 heteroatoms. The Labute approximate surface area is 120 Å². The van der Waals surface area contributed by atoms with Gasteiger partial charge in [-0.1, -0.05) is 26.7 Å². The van der Waals surface area contributed by atoms with Gasteiger partial charge in [-0.25, -0.2) is 0 Å². The number of nitrogens with zero attached hydrogens (tertiary/aromatic N) is 1. The van der Waals surface area contributed by atoms with Crippen LogP contribution in [-0.4, -0.2) is 11.0 Å². The van der Waals surface area contributed by atoms with Crippen LogP contribution in [-0.2, 0) is 0 Å². The van der Waals surface area contributed by atoms with E-state index in [-0.39, 0.29) is 10.6 Å². The monoisotopic (exact) mass is 276 g/mol. The van der Waals surface area contributed by atoms with E-state index in [1.54, 1.807) is 12.1 Å². The van der Waals surface area contributed by atoms with Gasteiger partial charge < -0.3 is 5.32 Å². The van der Waals surface area contributed by atoms with Gasteiger partial charge in [0, 0.05) is 23.9 Å². The normalized spacial score (nSPS) is 23.4. The first-order valence-electron chi connectivity index (χ1n) is 7.57. The summed E-state index contributed by atoms with van der Waals surface area (Å²) in [6.45, 7) is 4.63. The predicted molar refractivity (Wildman–Crippen MR) is 81.9 cm³/mol. The van der Waals surface area contributed by atoms with Gasteiger partial charge in [0.2, 0.25) is 0 Å². The van der Waals surface area contributed by atoms with E-state index in [2.05, 4.69) is 19.2 Å². The molecule has 1 fully saturated rings. The molecule has 1 aliphatic carbocycles. The fraction of sp³-hybridized carbons (Fsp3) is 0.625. The third kappa shape index (κ3) is 3.95. The topological polar surface area (TPSA) is 55.2 Å². The molecule has 1 aliphatic rings. The molecule has 0 spiro atoms. The van der Waals surface area contributed by atoms with Gasteiger partial charge >= 0.3 is 0 Å². The van der Waals surface area contributed by atoms with Crippen molar-refractivity contribution in [1.82, 2.24) is 0 Å². The van der Waals surface area contributed by atoms with Crippen LogP contribution in [0.3, 0.4) is 0 Å². The van der Waals surface area contributed by atoms with Crippen LogP contribution in [0.1, 0.15) is 46.0 Å². The summed E-state index contributed by atoms with van der Waals surface area (Å²) in [7, 11) is 0. The summed E-state index contributed by atoms with van der Waals surface area (Å²) in [5.41, 5.74) is 1.14.